The van der Waals surface area contributed by atoms with Gasteiger partial charge >= 0.3 is 0 Å². The Bertz CT molecular complexity index is 1180. The highest BCUT2D eigenvalue weighted by molar-refractivity contribution is 6.32. The molecule has 3 aromatic rings. The van der Waals surface area contributed by atoms with Crippen molar-refractivity contribution in [1.82, 2.24) is 0 Å². The van der Waals surface area contributed by atoms with Crippen molar-refractivity contribution in [3.05, 3.63) is 104 Å². The fourth-order valence-corrected chi connectivity index (χ4v) is 3.49. The summed E-state index contributed by atoms with van der Waals surface area (Å²) in [6.07, 6.45) is 2.13. The van der Waals surface area contributed by atoms with Crippen molar-refractivity contribution < 1.29 is 4.79 Å². The molecule has 1 N–H and O–H groups in total. The molecule has 0 aromatic heterocycles. The van der Waals surface area contributed by atoms with Gasteiger partial charge in [-0.15, -0.1) is 0 Å². The molecule has 1 amide bonds. The van der Waals surface area contributed by atoms with E-state index >= 15 is 0 Å². The van der Waals surface area contributed by atoms with Gasteiger partial charge < -0.3 is 5.32 Å². The molecule has 150 valence electrons. The maximum Gasteiger partial charge on any atom is 0.266 e. The maximum atomic E-state index is 12.6. The molecule has 0 aliphatic carbocycles. The number of hydrogen-bond donors (Lipinski definition) is 1. The minimum absolute atomic E-state index is 0.00540. The molecule has 0 fully saturated rings. The molecule has 3 aromatic carbocycles. The smallest absolute Gasteiger partial charge is 0.266 e. The summed E-state index contributed by atoms with van der Waals surface area (Å²) in [5, 5.41) is 13.5. The average molecular weight is 435 g/mol. The Morgan fingerprint density at radius 3 is 2.43 bits per heavy atom. The van der Waals surface area contributed by atoms with Crippen LogP contribution in [0.4, 0.5) is 5.69 Å². The second kappa shape index (κ2) is 9.63. The zero-order valence-electron chi connectivity index (χ0n) is 16.7. The Balaban J connectivity index is 1.81. The first kappa shape index (κ1) is 21.6. The van der Waals surface area contributed by atoms with Crippen molar-refractivity contribution in [2.45, 2.75) is 20.3 Å². The van der Waals surface area contributed by atoms with Crippen LogP contribution >= 0.6 is 23.2 Å². The van der Waals surface area contributed by atoms with Crippen LogP contribution in [-0.2, 0) is 11.2 Å². The summed E-state index contributed by atoms with van der Waals surface area (Å²) in [4.78, 5) is 12.6. The van der Waals surface area contributed by atoms with E-state index in [4.69, 9.17) is 23.2 Å². The molecular weight excluding hydrogens is 415 g/mol. The molecule has 0 spiro atoms. The van der Waals surface area contributed by atoms with Crippen molar-refractivity contribution >= 4 is 40.9 Å². The Labute approximate surface area is 186 Å². The number of nitrogens with zero attached hydrogens (tertiary/aromatic N) is 1. The van der Waals surface area contributed by atoms with Crippen molar-refractivity contribution in [1.29, 1.82) is 5.26 Å². The van der Waals surface area contributed by atoms with E-state index in [1.165, 1.54) is 6.08 Å². The summed E-state index contributed by atoms with van der Waals surface area (Å²) in [6.45, 7) is 3.90. The molecule has 30 heavy (non-hydrogen) atoms. The average Bonchev–Trinajstić information content (AvgIpc) is 2.73. The van der Waals surface area contributed by atoms with E-state index in [1.807, 2.05) is 74.5 Å². The first-order valence-electron chi connectivity index (χ1n) is 9.40. The third-order valence-corrected chi connectivity index (χ3v) is 5.67. The highest BCUT2D eigenvalue weighted by atomic mass is 35.5. The number of amides is 1. The summed E-state index contributed by atoms with van der Waals surface area (Å²) in [5.74, 6) is -0.456. The van der Waals surface area contributed by atoms with Crippen molar-refractivity contribution in [2.24, 2.45) is 0 Å². The van der Waals surface area contributed by atoms with Crippen LogP contribution in [-0.4, -0.2) is 5.91 Å². The van der Waals surface area contributed by atoms with Crippen LogP contribution in [0, 0.1) is 25.2 Å². The molecule has 0 aliphatic heterocycles. The lowest BCUT2D eigenvalue weighted by Crippen LogP contribution is -2.14. The van der Waals surface area contributed by atoms with Gasteiger partial charge in [-0.3, -0.25) is 4.79 Å². The van der Waals surface area contributed by atoms with Crippen LogP contribution < -0.4 is 5.32 Å². The lowest BCUT2D eigenvalue weighted by Gasteiger charge is -2.10. The molecule has 0 unspecified atom stereocenters. The number of nitriles is 1. The molecular formula is C25H20Cl2N2O. The van der Waals surface area contributed by atoms with Crippen molar-refractivity contribution in [3.8, 4) is 6.07 Å². The molecule has 0 aliphatic rings. The number of anilines is 1. The molecule has 0 atom stereocenters. The second-order valence-electron chi connectivity index (χ2n) is 6.99. The number of aryl methyl sites for hydroxylation is 1. The summed E-state index contributed by atoms with van der Waals surface area (Å²) in [7, 11) is 0. The van der Waals surface area contributed by atoms with Gasteiger partial charge in [-0.2, -0.15) is 5.26 Å². The number of rotatable bonds is 5. The predicted molar refractivity (Wildman–Crippen MR) is 124 cm³/mol. The van der Waals surface area contributed by atoms with Gasteiger partial charge in [-0.05, 0) is 65.9 Å². The van der Waals surface area contributed by atoms with Gasteiger partial charge in [-0.1, -0.05) is 65.7 Å². The molecule has 0 radical (unpaired) electrons. The highest BCUT2D eigenvalue weighted by Crippen LogP contribution is 2.26. The molecule has 0 saturated carbocycles. The largest absolute Gasteiger partial charge is 0.321 e. The van der Waals surface area contributed by atoms with Gasteiger partial charge in [-0.25, -0.2) is 0 Å². The maximum absolute atomic E-state index is 12.6. The van der Waals surface area contributed by atoms with Crippen LogP contribution in [0.2, 0.25) is 10.0 Å². The monoisotopic (exact) mass is 434 g/mol. The third kappa shape index (κ3) is 5.10. The SMILES string of the molecule is Cc1cccc(NC(=O)/C(C#N)=C/c2ccc(Cc3ccccc3Cl)c(Cl)c2)c1C. The normalized spacial score (nSPS) is 11.1. The van der Waals surface area contributed by atoms with Crippen molar-refractivity contribution in [2.75, 3.05) is 5.32 Å². The first-order chi connectivity index (χ1) is 14.4. The Hall–Kier alpha value is -3.06. The summed E-state index contributed by atoms with van der Waals surface area (Å²) in [6, 6.07) is 20.7. The number of carbonyl (C=O) groups is 1. The fourth-order valence-electron chi connectivity index (χ4n) is 3.04. The number of benzene rings is 3. The van der Waals surface area contributed by atoms with E-state index in [0.717, 1.165) is 22.3 Å². The van der Waals surface area contributed by atoms with Gasteiger partial charge in [0.05, 0.1) is 0 Å². The molecule has 3 nitrogen and oxygen atoms in total. The minimum atomic E-state index is -0.456. The standard InChI is InChI=1S/C25H20Cl2N2O/c1-16-6-5-9-24(17(16)2)29-25(30)21(15-28)12-18-10-11-20(23(27)13-18)14-19-7-3-4-8-22(19)26/h3-13H,14H2,1-2H3,(H,29,30)/b21-12+. The summed E-state index contributed by atoms with van der Waals surface area (Å²) in [5.41, 5.74) is 5.30. The quantitative estimate of drug-likeness (QED) is 0.356. The Morgan fingerprint density at radius 1 is 1.00 bits per heavy atom. The van der Waals surface area contributed by atoms with Crippen LogP contribution in [0.3, 0.4) is 0 Å². The topological polar surface area (TPSA) is 52.9 Å². The highest BCUT2D eigenvalue weighted by Gasteiger charge is 2.12. The predicted octanol–water partition coefficient (Wildman–Crippen LogP) is 6.75. The third-order valence-electron chi connectivity index (χ3n) is 4.94. The van der Waals surface area contributed by atoms with Crippen molar-refractivity contribution in [3.63, 3.8) is 0 Å². The zero-order chi connectivity index (χ0) is 21.7. The fraction of sp³-hybridized carbons (Fsp3) is 0.120. The molecule has 0 heterocycles. The Kier molecular flexibility index (Phi) is 6.95. The summed E-state index contributed by atoms with van der Waals surface area (Å²) >= 11 is 12.7. The van der Waals surface area contributed by atoms with Crippen LogP contribution in [0.5, 0.6) is 0 Å². The summed E-state index contributed by atoms with van der Waals surface area (Å²) < 4.78 is 0. The molecule has 0 bridgehead atoms. The molecule has 5 heteroatoms. The van der Waals surface area contributed by atoms with Gasteiger partial charge in [0.1, 0.15) is 11.6 Å². The van der Waals surface area contributed by atoms with E-state index in [0.29, 0.717) is 27.7 Å². The van der Waals surface area contributed by atoms with Gasteiger partial charge in [0.15, 0.2) is 0 Å². The number of nitrogens with one attached hydrogen (secondary N) is 1. The van der Waals surface area contributed by atoms with Gasteiger partial charge in [0, 0.05) is 22.2 Å². The Morgan fingerprint density at radius 2 is 1.73 bits per heavy atom. The number of halogens is 2. The minimum Gasteiger partial charge on any atom is -0.321 e. The van der Waals surface area contributed by atoms with Crippen LogP contribution in [0.15, 0.2) is 66.2 Å². The van der Waals surface area contributed by atoms with Gasteiger partial charge in [0.25, 0.3) is 5.91 Å². The van der Waals surface area contributed by atoms with E-state index < -0.39 is 5.91 Å². The zero-order valence-corrected chi connectivity index (χ0v) is 18.2. The molecule has 0 saturated heterocycles. The first-order valence-corrected chi connectivity index (χ1v) is 10.2. The van der Waals surface area contributed by atoms with E-state index in [1.54, 1.807) is 6.07 Å². The van der Waals surface area contributed by atoms with E-state index in [-0.39, 0.29) is 5.57 Å². The lowest BCUT2D eigenvalue weighted by atomic mass is 10.0. The van der Waals surface area contributed by atoms with Gasteiger partial charge in [0.2, 0.25) is 0 Å². The van der Waals surface area contributed by atoms with Crippen LogP contribution in [0.25, 0.3) is 6.08 Å². The number of hydrogen-bond acceptors (Lipinski definition) is 2. The van der Waals surface area contributed by atoms with E-state index in [2.05, 4.69) is 5.32 Å². The second-order valence-corrected chi connectivity index (χ2v) is 7.80. The lowest BCUT2D eigenvalue weighted by molar-refractivity contribution is -0.112. The van der Waals surface area contributed by atoms with E-state index in [9.17, 15) is 10.1 Å². The van der Waals surface area contributed by atoms with Crippen LogP contribution in [0.1, 0.15) is 27.8 Å². The number of carbonyl (C=O) groups excluding carboxylic acids is 1. The molecule has 3 rings (SSSR count).